The molecule has 0 aliphatic heterocycles. The molecule has 1 nitrogen and oxygen atoms in total. The van der Waals surface area contributed by atoms with E-state index in [4.69, 9.17) is 0 Å². The van der Waals surface area contributed by atoms with Gasteiger partial charge in [0.1, 0.15) is 0 Å². The van der Waals surface area contributed by atoms with Crippen molar-refractivity contribution >= 4 is 0 Å². The third-order valence-corrected chi connectivity index (χ3v) is 4.17. The monoisotopic (exact) mass is 231 g/mol. The first kappa shape index (κ1) is 12.6. The fourth-order valence-electron chi connectivity index (χ4n) is 3.02. The van der Waals surface area contributed by atoms with E-state index in [1.54, 1.807) is 0 Å². The predicted octanol–water partition coefficient (Wildman–Crippen LogP) is 4.31. The minimum Gasteiger partial charge on any atom is -0.307 e. The third kappa shape index (κ3) is 3.32. The van der Waals surface area contributed by atoms with E-state index in [1.165, 1.54) is 37.7 Å². The molecule has 1 heteroatoms. The Morgan fingerprint density at radius 1 is 1.18 bits per heavy atom. The molecule has 1 saturated carbocycles. The standard InChI is InChI=1S/C16H25N/c1-3-13-10-11-15(12-13)17-16(4-2)14-8-6-5-7-9-14/h5-9,13,15-17H,3-4,10-12H2,1-2H3. The van der Waals surface area contributed by atoms with Crippen molar-refractivity contribution in [3.05, 3.63) is 35.9 Å². The second-order valence-corrected chi connectivity index (χ2v) is 5.32. The molecule has 0 amide bonds. The number of rotatable bonds is 5. The molecule has 1 aromatic rings. The Bertz CT molecular complexity index is 320. The summed E-state index contributed by atoms with van der Waals surface area (Å²) in [5.74, 6) is 0.959. The zero-order chi connectivity index (χ0) is 12.1. The van der Waals surface area contributed by atoms with Crippen molar-refractivity contribution in [3.8, 4) is 0 Å². The van der Waals surface area contributed by atoms with E-state index in [0.29, 0.717) is 6.04 Å². The Morgan fingerprint density at radius 2 is 1.94 bits per heavy atom. The van der Waals surface area contributed by atoms with Crippen LogP contribution in [0.5, 0.6) is 0 Å². The normalized spacial score (nSPS) is 26.0. The lowest BCUT2D eigenvalue weighted by Crippen LogP contribution is -2.30. The van der Waals surface area contributed by atoms with Crippen molar-refractivity contribution in [1.29, 1.82) is 0 Å². The quantitative estimate of drug-likeness (QED) is 0.796. The van der Waals surface area contributed by atoms with Gasteiger partial charge in [0.15, 0.2) is 0 Å². The van der Waals surface area contributed by atoms with E-state index >= 15 is 0 Å². The molecule has 1 aliphatic carbocycles. The molecule has 0 bridgehead atoms. The lowest BCUT2D eigenvalue weighted by atomic mass is 10.0. The van der Waals surface area contributed by atoms with Crippen molar-refractivity contribution in [3.63, 3.8) is 0 Å². The van der Waals surface area contributed by atoms with Crippen molar-refractivity contribution in [2.75, 3.05) is 0 Å². The number of hydrogen-bond acceptors (Lipinski definition) is 1. The zero-order valence-corrected chi connectivity index (χ0v) is 11.2. The lowest BCUT2D eigenvalue weighted by Gasteiger charge is -2.22. The molecule has 1 fully saturated rings. The number of benzene rings is 1. The summed E-state index contributed by atoms with van der Waals surface area (Å²) < 4.78 is 0. The summed E-state index contributed by atoms with van der Waals surface area (Å²) in [5.41, 5.74) is 1.44. The minimum atomic E-state index is 0.539. The fraction of sp³-hybridized carbons (Fsp3) is 0.625. The fourth-order valence-corrected chi connectivity index (χ4v) is 3.02. The van der Waals surface area contributed by atoms with Gasteiger partial charge in [0, 0.05) is 12.1 Å². The molecule has 0 saturated heterocycles. The molecule has 0 spiro atoms. The van der Waals surface area contributed by atoms with Crippen LogP contribution in [0.4, 0.5) is 0 Å². The first-order valence-electron chi connectivity index (χ1n) is 7.14. The van der Waals surface area contributed by atoms with Crippen LogP contribution in [0.15, 0.2) is 30.3 Å². The molecule has 17 heavy (non-hydrogen) atoms. The van der Waals surface area contributed by atoms with Crippen LogP contribution < -0.4 is 5.32 Å². The smallest absolute Gasteiger partial charge is 0.0320 e. The molecule has 2 rings (SSSR count). The van der Waals surface area contributed by atoms with Crippen LogP contribution in [0, 0.1) is 5.92 Å². The zero-order valence-electron chi connectivity index (χ0n) is 11.2. The highest BCUT2D eigenvalue weighted by Gasteiger charge is 2.25. The van der Waals surface area contributed by atoms with Gasteiger partial charge in [-0.3, -0.25) is 0 Å². The summed E-state index contributed by atoms with van der Waals surface area (Å²) in [6.07, 6.45) is 6.68. The minimum absolute atomic E-state index is 0.539. The van der Waals surface area contributed by atoms with E-state index in [-0.39, 0.29) is 0 Å². The van der Waals surface area contributed by atoms with Crippen LogP contribution in [-0.2, 0) is 0 Å². The average molecular weight is 231 g/mol. The van der Waals surface area contributed by atoms with Crippen LogP contribution in [0.25, 0.3) is 0 Å². The highest BCUT2D eigenvalue weighted by Crippen LogP contribution is 2.30. The predicted molar refractivity (Wildman–Crippen MR) is 74.0 cm³/mol. The van der Waals surface area contributed by atoms with Gasteiger partial charge in [0.05, 0.1) is 0 Å². The van der Waals surface area contributed by atoms with Crippen LogP contribution in [-0.4, -0.2) is 6.04 Å². The van der Waals surface area contributed by atoms with E-state index in [0.717, 1.165) is 12.0 Å². The van der Waals surface area contributed by atoms with Crippen LogP contribution in [0.1, 0.15) is 57.6 Å². The first-order chi connectivity index (χ1) is 8.33. The summed E-state index contributed by atoms with van der Waals surface area (Å²) in [4.78, 5) is 0. The molecule has 0 heterocycles. The Hall–Kier alpha value is -0.820. The molecular formula is C16H25N. The Kier molecular flexibility index (Phi) is 4.61. The van der Waals surface area contributed by atoms with Gasteiger partial charge < -0.3 is 5.32 Å². The van der Waals surface area contributed by atoms with Crippen LogP contribution >= 0.6 is 0 Å². The SMILES string of the molecule is CCC1CCC(NC(CC)c2ccccc2)C1. The Labute approximate surface area is 106 Å². The molecule has 0 aromatic heterocycles. The largest absolute Gasteiger partial charge is 0.307 e. The Morgan fingerprint density at radius 3 is 2.53 bits per heavy atom. The highest BCUT2D eigenvalue weighted by atomic mass is 15.0. The molecule has 94 valence electrons. The first-order valence-corrected chi connectivity index (χ1v) is 7.14. The van der Waals surface area contributed by atoms with Gasteiger partial charge in [0.2, 0.25) is 0 Å². The molecule has 1 N–H and O–H groups in total. The number of nitrogens with one attached hydrogen (secondary N) is 1. The van der Waals surface area contributed by atoms with Crippen molar-refractivity contribution < 1.29 is 0 Å². The van der Waals surface area contributed by atoms with Gasteiger partial charge in [0.25, 0.3) is 0 Å². The van der Waals surface area contributed by atoms with Gasteiger partial charge in [-0.05, 0) is 37.2 Å². The molecule has 3 unspecified atom stereocenters. The highest BCUT2D eigenvalue weighted by molar-refractivity contribution is 5.18. The van der Waals surface area contributed by atoms with Gasteiger partial charge in [-0.15, -0.1) is 0 Å². The summed E-state index contributed by atoms with van der Waals surface area (Å²) in [5, 5.41) is 3.85. The van der Waals surface area contributed by atoms with Crippen LogP contribution in [0.2, 0.25) is 0 Å². The lowest BCUT2D eigenvalue weighted by molar-refractivity contribution is 0.414. The van der Waals surface area contributed by atoms with Gasteiger partial charge in [-0.25, -0.2) is 0 Å². The maximum absolute atomic E-state index is 3.85. The third-order valence-electron chi connectivity index (χ3n) is 4.17. The van der Waals surface area contributed by atoms with Gasteiger partial charge in [-0.2, -0.15) is 0 Å². The second-order valence-electron chi connectivity index (χ2n) is 5.32. The summed E-state index contributed by atoms with van der Waals surface area (Å²) >= 11 is 0. The Balaban J connectivity index is 1.92. The second kappa shape index (κ2) is 6.20. The van der Waals surface area contributed by atoms with Crippen LogP contribution in [0.3, 0.4) is 0 Å². The van der Waals surface area contributed by atoms with E-state index < -0.39 is 0 Å². The number of hydrogen-bond donors (Lipinski definition) is 1. The van der Waals surface area contributed by atoms with E-state index in [2.05, 4.69) is 49.5 Å². The van der Waals surface area contributed by atoms with Crippen molar-refractivity contribution in [2.24, 2.45) is 5.92 Å². The summed E-state index contributed by atoms with van der Waals surface area (Å²) in [6, 6.07) is 12.1. The van der Waals surface area contributed by atoms with Crippen molar-refractivity contribution in [2.45, 2.75) is 58.0 Å². The van der Waals surface area contributed by atoms with E-state index in [1.807, 2.05) is 0 Å². The topological polar surface area (TPSA) is 12.0 Å². The summed E-state index contributed by atoms with van der Waals surface area (Å²) in [6.45, 7) is 4.60. The molecule has 1 aromatic carbocycles. The molecular weight excluding hydrogens is 206 g/mol. The summed E-state index contributed by atoms with van der Waals surface area (Å²) in [7, 11) is 0. The average Bonchev–Trinajstić information content (AvgIpc) is 2.84. The van der Waals surface area contributed by atoms with E-state index in [9.17, 15) is 0 Å². The maximum Gasteiger partial charge on any atom is 0.0320 e. The molecule has 3 atom stereocenters. The van der Waals surface area contributed by atoms with Gasteiger partial charge in [-0.1, -0.05) is 50.6 Å². The van der Waals surface area contributed by atoms with Crippen molar-refractivity contribution in [1.82, 2.24) is 5.32 Å². The molecule has 1 aliphatic rings. The van der Waals surface area contributed by atoms with Gasteiger partial charge >= 0.3 is 0 Å². The maximum atomic E-state index is 3.85. The molecule has 0 radical (unpaired) electrons.